The molecule has 61 heavy (non-hydrogen) atoms. The number of ether oxygens (including phenoxy) is 2. The quantitative estimate of drug-likeness (QED) is 0.0268. The largest absolute Gasteiger partial charge is 0.469 e. The van der Waals surface area contributed by atoms with Crippen LogP contribution in [-0.2, 0) is 28.2 Å². The molecule has 0 saturated carbocycles. The molecule has 360 valence electrons. The first-order chi connectivity index (χ1) is 29.8. The number of rotatable bonds is 49. The Bertz CT molecular complexity index is 1040. The molecule has 0 aliphatic heterocycles. The van der Waals surface area contributed by atoms with Crippen LogP contribution in [0.4, 0.5) is 0 Å². The summed E-state index contributed by atoms with van der Waals surface area (Å²) in [5.74, 6) is -0.918. The minimum absolute atomic E-state index is 0.156. The number of hydrogen-bond donors (Lipinski definition) is 2. The zero-order chi connectivity index (χ0) is 44.6. The van der Waals surface area contributed by atoms with Crippen LogP contribution in [0.5, 0.6) is 0 Å². The number of esters is 2. The summed E-state index contributed by atoms with van der Waals surface area (Å²) in [6.07, 6.45) is 57.9. The lowest BCUT2D eigenvalue weighted by Crippen LogP contribution is -2.29. The highest BCUT2D eigenvalue weighted by Crippen LogP contribution is 2.36. The van der Waals surface area contributed by atoms with Crippen LogP contribution in [0.15, 0.2) is 24.3 Å². The van der Waals surface area contributed by atoms with Crippen LogP contribution < -0.4 is 0 Å². The molecule has 2 N–H and O–H groups in total. The molecule has 8 nitrogen and oxygen atoms in total. The molecule has 0 aromatic rings. The minimum Gasteiger partial charge on any atom is -0.462 e. The van der Waals surface area contributed by atoms with Gasteiger partial charge in [-0.05, 0) is 44.9 Å². The van der Waals surface area contributed by atoms with Crippen molar-refractivity contribution in [3.8, 4) is 0 Å². The standard InChI is InChI=1S/C52H99O8P/c1-3-5-7-9-11-13-15-17-19-21-23-25-26-27-29-31-33-35-37-39-41-43-45-47-52(54)60-50(49-59-61(55,56)57)48-58-51(53)46-44-42-40-38-36-34-32-30-28-24-22-20-18-16-14-12-10-8-6-4-2/h31,33,39,41,50H,3-30,32,34-38,40,42-49H2,1-2H3,(H2,55,56,57)/b33-31+,41-39+/t50-/m1/s1. The van der Waals surface area contributed by atoms with E-state index in [4.69, 9.17) is 19.3 Å². The van der Waals surface area contributed by atoms with E-state index in [1.165, 1.54) is 199 Å². The first-order valence-electron chi connectivity index (χ1n) is 26.1. The molecule has 0 radical (unpaired) electrons. The van der Waals surface area contributed by atoms with Crippen molar-refractivity contribution in [3.63, 3.8) is 0 Å². The van der Waals surface area contributed by atoms with Gasteiger partial charge in [0, 0.05) is 12.8 Å². The van der Waals surface area contributed by atoms with Crippen molar-refractivity contribution in [3.05, 3.63) is 24.3 Å². The lowest BCUT2D eigenvalue weighted by molar-refractivity contribution is -0.161. The predicted octanol–water partition coefficient (Wildman–Crippen LogP) is 16.7. The summed E-state index contributed by atoms with van der Waals surface area (Å²) in [7, 11) is -4.77. The highest BCUT2D eigenvalue weighted by molar-refractivity contribution is 7.46. The monoisotopic (exact) mass is 883 g/mol. The maximum atomic E-state index is 12.5. The van der Waals surface area contributed by atoms with Gasteiger partial charge >= 0.3 is 19.8 Å². The van der Waals surface area contributed by atoms with E-state index in [2.05, 4.69) is 42.7 Å². The molecule has 0 unspecified atom stereocenters. The molecular weight excluding hydrogens is 784 g/mol. The highest BCUT2D eigenvalue weighted by atomic mass is 31.2. The molecule has 0 heterocycles. The molecule has 0 fully saturated rings. The lowest BCUT2D eigenvalue weighted by Gasteiger charge is -2.18. The average Bonchev–Trinajstić information content (AvgIpc) is 3.23. The summed E-state index contributed by atoms with van der Waals surface area (Å²) in [6, 6.07) is 0. The molecule has 0 aliphatic rings. The third-order valence-corrected chi connectivity index (χ3v) is 12.2. The van der Waals surface area contributed by atoms with Crippen molar-refractivity contribution in [1.82, 2.24) is 0 Å². The van der Waals surface area contributed by atoms with E-state index in [9.17, 15) is 14.2 Å². The van der Waals surface area contributed by atoms with E-state index in [0.29, 0.717) is 6.42 Å². The minimum atomic E-state index is -4.77. The highest BCUT2D eigenvalue weighted by Gasteiger charge is 2.23. The first-order valence-corrected chi connectivity index (χ1v) is 27.7. The van der Waals surface area contributed by atoms with Crippen molar-refractivity contribution in [2.45, 2.75) is 283 Å². The fourth-order valence-electron chi connectivity index (χ4n) is 7.81. The third kappa shape index (κ3) is 51.0. The van der Waals surface area contributed by atoms with E-state index in [1.54, 1.807) is 0 Å². The Hall–Kier alpha value is -1.47. The molecule has 0 bridgehead atoms. The fraction of sp³-hybridized carbons (Fsp3) is 0.885. The number of hydrogen-bond acceptors (Lipinski definition) is 6. The molecule has 9 heteroatoms. The second-order valence-corrected chi connectivity index (χ2v) is 19.1. The zero-order valence-corrected chi connectivity index (χ0v) is 41.0. The number of carbonyl (C=O) groups is 2. The normalized spacial score (nSPS) is 12.5. The lowest BCUT2D eigenvalue weighted by atomic mass is 10.0. The summed E-state index contributed by atoms with van der Waals surface area (Å²) >= 11 is 0. The van der Waals surface area contributed by atoms with Crippen molar-refractivity contribution >= 4 is 19.8 Å². The number of allylic oxidation sites excluding steroid dienone is 4. The molecule has 1 atom stereocenters. The summed E-state index contributed by atoms with van der Waals surface area (Å²) in [5.41, 5.74) is 0. The number of phosphoric ester groups is 1. The number of carbonyl (C=O) groups excluding carboxylic acids is 2. The van der Waals surface area contributed by atoms with Crippen LogP contribution in [0.2, 0.25) is 0 Å². The Balaban J connectivity index is 3.83. The number of phosphoric acid groups is 1. The van der Waals surface area contributed by atoms with Gasteiger partial charge in [-0.3, -0.25) is 14.1 Å². The van der Waals surface area contributed by atoms with Crippen LogP contribution in [0.25, 0.3) is 0 Å². The summed E-state index contributed by atoms with van der Waals surface area (Å²) < 4.78 is 26.5. The predicted molar refractivity (Wildman–Crippen MR) is 258 cm³/mol. The fourth-order valence-corrected chi connectivity index (χ4v) is 8.17. The van der Waals surface area contributed by atoms with Gasteiger partial charge in [0.25, 0.3) is 0 Å². The molecule has 0 aliphatic carbocycles. The average molecular weight is 883 g/mol. The van der Waals surface area contributed by atoms with Gasteiger partial charge in [-0.15, -0.1) is 0 Å². The molecule has 0 aromatic heterocycles. The third-order valence-electron chi connectivity index (χ3n) is 11.7. The SMILES string of the molecule is CCCCCCCCCCCCCCCC/C=C/CC/C=C/CCCC(=O)O[C@H](COC(=O)CCCCCCCCCCCCCCCCCCCCCC)COP(=O)(O)O. The Kier molecular flexibility index (Phi) is 46.8. The maximum absolute atomic E-state index is 12.5. The maximum Gasteiger partial charge on any atom is 0.469 e. The second-order valence-electron chi connectivity index (χ2n) is 17.8. The van der Waals surface area contributed by atoms with Gasteiger partial charge in [0.05, 0.1) is 6.61 Å². The molecule has 0 spiro atoms. The Labute approximate surface area is 377 Å². The first kappa shape index (κ1) is 59.5. The van der Waals surface area contributed by atoms with Crippen LogP contribution in [0.3, 0.4) is 0 Å². The van der Waals surface area contributed by atoms with E-state index in [0.717, 1.165) is 44.9 Å². The van der Waals surface area contributed by atoms with Crippen LogP contribution in [0.1, 0.15) is 277 Å². The topological polar surface area (TPSA) is 119 Å². The van der Waals surface area contributed by atoms with E-state index >= 15 is 0 Å². The zero-order valence-electron chi connectivity index (χ0n) is 40.1. The van der Waals surface area contributed by atoms with Crippen LogP contribution in [-0.4, -0.2) is 41.0 Å². The van der Waals surface area contributed by atoms with E-state index in [1.807, 2.05) is 0 Å². The van der Waals surface area contributed by atoms with Crippen molar-refractivity contribution in [2.75, 3.05) is 13.2 Å². The smallest absolute Gasteiger partial charge is 0.462 e. The van der Waals surface area contributed by atoms with Crippen molar-refractivity contribution in [2.24, 2.45) is 0 Å². The second kappa shape index (κ2) is 48.0. The summed E-state index contributed by atoms with van der Waals surface area (Å²) in [5, 5.41) is 0. The molecule has 0 rings (SSSR count). The Morgan fingerprint density at radius 3 is 1.10 bits per heavy atom. The number of unbranched alkanes of at least 4 members (excludes halogenated alkanes) is 35. The van der Waals surface area contributed by atoms with Gasteiger partial charge in [0.1, 0.15) is 6.61 Å². The van der Waals surface area contributed by atoms with Gasteiger partial charge in [-0.1, -0.05) is 244 Å². The van der Waals surface area contributed by atoms with Gasteiger partial charge in [0.2, 0.25) is 0 Å². The molecule has 0 aromatic carbocycles. The van der Waals surface area contributed by atoms with Gasteiger partial charge in [-0.25, -0.2) is 4.57 Å². The van der Waals surface area contributed by atoms with Gasteiger partial charge < -0.3 is 19.3 Å². The summed E-state index contributed by atoms with van der Waals surface area (Å²) in [4.78, 5) is 43.1. The molecular formula is C52H99O8P. The molecule has 0 amide bonds. The Morgan fingerprint density at radius 1 is 0.410 bits per heavy atom. The van der Waals surface area contributed by atoms with E-state index in [-0.39, 0.29) is 19.4 Å². The van der Waals surface area contributed by atoms with Crippen LogP contribution >= 0.6 is 7.82 Å². The van der Waals surface area contributed by atoms with Gasteiger partial charge in [0.15, 0.2) is 6.10 Å². The van der Waals surface area contributed by atoms with Gasteiger partial charge in [-0.2, -0.15) is 0 Å². The van der Waals surface area contributed by atoms with E-state index < -0.39 is 32.5 Å². The summed E-state index contributed by atoms with van der Waals surface area (Å²) in [6.45, 7) is 3.71. The Morgan fingerprint density at radius 2 is 0.721 bits per heavy atom. The molecule has 0 saturated heterocycles. The van der Waals surface area contributed by atoms with Crippen molar-refractivity contribution < 1.29 is 37.9 Å². The van der Waals surface area contributed by atoms with Crippen LogP contribution in [0, 0.1) is 0 Å². The van der Waals surface area contributed by atoms with Crippen molar-refractivity contribution in [1.29, 1.82) is 0 Å².